The Kier molecular flexibility index (Phi) is 5.32. The fourth-order valence-electron chi connectivity index (χ4n) is 2.18. The minimum atomic E-state index is -0.555. The Labute approximate surface area is 153 Å². The summed E-state index contributed by atoms with van der Waals surface area (Å²) in [7, 11) is 0. The zero-order valence-electron chi connectivity index (χ0n) is 13.9. The molecule has 3 aromatic rings. The van der Waals surface area contributed by atoms with Gasteiger partial charge in [0.15, 0.2) is 0 Å². The largest absolute Gasteiger partial charge is 0.423 e. The maximum absolute atomic E-state index is 12.9. The lowest BCUT2D eigenvalue weighted by atomic mass is 10.1. The number of nitrogens with zero attached hydrogens (tertiary/aromatic N) is 2. The zero-order chi connectivity index (χ0) is 19.2. The summed E-state index contributed by atoms with van der Waals surface area (Å²) in [6, 6.07) is 17.6. The van der Waals surface area contributed by atoms with E-state index in [4.69, 9.17) is 4.74 Å². The minimum Gasteiger partial charge on any atom is -0.423 e. The van der Waals surface area contributed by atoms with E-state index in [-0.39, 0.29) is 11.4 Å². The van der Waals surface area contributed by atoms with Crippen molar-refractivity contribution >= 4 is 23.6 Å². The molecule has 0 aromatic heterocycles. The van der Waals surface area contributed by atoms with Crippen LogP contribution in [-0.4, -0.2) is 17.1 Å². The molecule has 0 saturated heterocycles. The number of nitro benzene ring substituents is 1. The van der Waals surface area contributed by atoms with Crippen molar-refractivity contribution in [3.63, 3.8) is 0 Å². The maximum Gasteiger partial charge on any atom is 0.343 e. The summed E-state index contributed by atoms with van der Waals surface area (Å²) in [6.45, 7) is 0. The molecule has 7 heteroatoms. The summed E-state index contributed by atoms with van der Waals surface area (Å²) in [5.74, 6) is -0.711. The number of hydrogen-bond donors (Lipinski definition) is 0. The summed E-state index contributed by atoms with van der Waals surface area (Å²) < 4.78 is 18.0. The van der Waals surface area contributed by atoms with Crippen LogP contribution in [0.1, 0.15) is 15.9 Å². The smallest absolute Gasteiger partial charge is 0.343 e. The molecule has 0 aliphatic rings. The highest BCUT2D eigenvalue weighted by molar-refractivity contribution is 5.92. The Morgan fingerprint density at radius 3 is 2.19 bits per heavy atom. The Morgan fingerprint density at radius 2 is 1.59 bits per heavy atom. The van der Waals surface area contributed by atoms with Crippen molar-refractivity contribution in [1.82, 2.24) is 0 Å². The van der Waals surface area contributed by atoms with Gasteiger partial charge in [-0.25, -0.2) is 9.18 Å². The van der Waals surface area contributed by atoms with Gasteiger partial charge in [0.2, 0.25) is 0 Å². The molecular weight excluding hydrogens is 351 g/mol. The van der Waals surface area contributed by atoms with Crippen molar-refractivity contribution in [2.75, 3.05) is 0 Å². The summed E-state index contributed by atoms with van der Waals surface area (Å²) >= 11 is 0. The van der Waals surface area contributed by atoms with Gasteiger partial charge >= 0.3 is 5.97 Å². The van der Waals surface area contributed by atoms with Crippen LogP contribution in [0.5, 0.6) is 5.75 Å². The highest BCUT2D eigenvalue weighted by atomic mass is 19.1. The number of rotatable bonds is 5. The maximum atomic E-state index is 12.9. The Balaban J connectivity index is 1.64. The second-order valence-corrected chi connectivity index (χ2v) is 5.50. The van der Waals surface area contributed by atoms with E-state index >= 15 is 0 Å². The molecule has 3 aromatic carbocycles. The van der Waals surface area contributed by atoms with Crippen LogP contribution in [0.2, 0.25) is 0 Å². The van der Waals surface area contributed by atoms with E-state index < -0.39 is 16.7 Å². The Hall–Kier alpha value is -3.87. The lowest BCUT2D eigenvalue weighted by molar-refractivity contribution is -0.384. The van der Waals surface area contributed by atoms with Gasteiger partial charge in [-0.05, 0) is 54.1 Å². The molecule has 0 aliphatic heterocycles. The zero-order valence-corrected chi connectivity index (χ0v) is 13.9. The molecule has 0 radical (unpaired) electrons. The molecule has 0 amide bonds. The third-order valence-corrected chi connectivity index (χ3v) is 3.59. The van der Waals surface area contributed by atoms with Gasteiger partial charge in [0, 0.05) is 18.3 Å². The number of halogens is 1. The number of non-ortho nitro benzene ring substituents is 1. The van der Waals surface area contributed by atoms with Crippen molar-refractivity contribution in [3.05, 3.63) is 99.9 Å². The average Bonchev–Trinajstić information content (AvgIpc) is 2.69. The topological polar surface area (TPSA) is 81.8 Å². The molecule has 0 spiro atoms. The lowest BCUT2D eigenvalue weighted by Gasteiger charge is -2.04. The number of aliphatic imine (C=N–C) groups is 1. The quantitative estimate of drug-likeness (QED) is 0.216. The molecule has 0 unspecified atom stereocenters. The van der Waals surface area contributed by atoms with Crippen LogP contribution in [0.3, 0.4) is 0 Å². The van der Waals surface area contributed by atoms with E-state index in [1.165, 1.54) is 36.4 Å². The fraction of sp³-hybridized carbons (Fsp3) is 0. The van der Waals surface area contributed by atoms with Crippen LogP contribution >= 0.6 is 0 Å². The first-order valence-corrected chi connectivity index (χ1v) is 7.87. The predicted molar refractivity (Wildman–Crippen MR) is 98.2 cm³/mol. The number of carbonyl (C=O) groups is 1. The standard InChI is InChI=1S/C20H13FN2O4/c21-16-5-11-19(12-6-16)27-20(24)15-3-1-14(2-4-15)13-22-17-7-9-18(10-8-17)23(25)26/h1-13H. The van der Waals surface area contributed by atoms with Crippen molar-refractivity contribution in [3.8, 4) is 5.75 Å². The van der Waals surface area contributed by atoms with Crippen LogP contribution in [0.25, 0.3) is 0 Å². The first-order chi connectivity index (χ1) is 13.0. The highest BCUT2D eigenvalue weighted by Gasteiger charge is 2.08. The molecule has 0 saturated carbocycles. The second-order valence-electron chi connectivity index (χ2n) is 5.50. The van der Waals surface area contributed by atoms with Crippen LogP contribution in [0.15, 0.2) is 77.8 Å². The third kappa shape index (κ3) is 4.82. The van der Waals surface area contributed by atoms with Gasteiger partial charge in [-0.3, -0.25) is 15.1 Å². The van der Waals surface area contributed by atoms with Crippen molar-refractivity contribution in [2.45, 2.75) is 0 Å². The molecule has 134 valence electrons. The molecule has 0 atom stereocenters. The number of hydrogen-bond acceptors (Lipinski definition) is 5. The Morgan fingerprint density at radius 1 is 0.963 bits per heavy atom. The molecule has 0 aliphatic carbocycles. The predicted octanol–water partition coefficient (Wildman–Crippen LogP) is 4.70. The number of esters is 1. The van der Waals surface area contributed by atoms with Gasteiger partial charge in [0.05, 0.1) is 16.2 Å². The first kappa shape index (κ1) is 17.9. The average molecular weight is 364 g/mol. The van der Waals surface area contributed by atoms with Gasteiger partial charge in [-0.15, -0.1) is 0 Å². The SMILES string of the molecule is O=C(Oc1ccc(F)cc1)c1ccc(C=Nc2ccc([N+](=O)[O-])cc2)cc1. The van der Waals surface area contributed by atoms with Gasteiger partial charge < -0.3 is 4.74 Å². The van der Waals surface area contributed by atoms with E-state index in [2.05, 4.69) is 4.99 Å². The lowest BCUT2D eigenvalue weighted by Crippen LogP contribution is -2.08. The second kappa shape index (κ2) is 8.01. The van der Waals surface area contributed by atoms with Gasteiger partial charge in [0.25, 0.3) is 5.69 Å². The third-order valence-electron chi connectivity index (χ3n) is 3.59. The minimum absolute atomic E-state index is 0.00188. The van der Waals surface area contributed by atoms with E-state index in [0.717, 1.165) is 5.56 Å². The Bertz CT molecular complexity index is 982. The molecular formula is C20H13FN2O4. The van der Waals surface area contributed by atoms with E-state index in [9.17, 15) is 19.3 Å². The van der Waals surface area contributed by atoms with E-state index in [1.807, 2.05) is 0 Å². The van der Waals surface area contributed by atoms with Crippen LogP contribution < -0.4 is 4.74 Å². The number of ether oxygens (including phenoxy) is 1. The molecule has 3 rings (SSSR count). The van der Waals surface area contributed by atoms with Gasteiger partial charge in [-0.2, -0.15) is 0 Å². The van der Waals surface area contributed by atoms with Crippen LogP contribution in [0.4, 0.5) is 15.8 Å². The van der Waals surface area contributed by atoms with Gasteiger partial charge in [-0.1, -0.05) is 12.1 Å². The summed E-state index contributed by atoms with van der Waals surface area (Å²) in [5.41, 5.74) is 1.65. The van der Waals surface area contributed by atoms with E-state index in [1.54, 1.807) is 42.6 Å². The molecule has 6 nitrogen and oxygen atoms in total. The molecule has 0 bridgehead atoms. The normalized spacial score (nSPS) is 10.7. The van der Waals surface area contributed by atoms with Crippen molar-refractivity contribution in [1.29, 1.82) is 0 Å². The highest BCUT2D eigenvalue weighted by Crippen LogP contribution is 2.18. The van der Waals surface area contributed by atoms with Crippen LogP contribution in [-0.2, 0) is 0 Å². The number of carbonyl (C=O) groups excluding carboxylic acids is 1. The summed E-state index contributed by atoms with van der Waals surface area (Å²) in [4.78, 5) is 26.4. The van der Waals surface area contributed by atoms with Crippen molar-refractivity contribution in [2.24, 2.45) is 4.99 Å². The first-order valence-electron chi connectivity index (χ1n) is 7.87. The molecule has 0 heterocycles. The van der Waals surface area contributed by atoms with E-state index in [0.29, 0.717) is 11.3 Å². The van der Waals surface area contributed by atoms with Crippen LogP contribution in [0, 0.1) is 15.9 Å². The summed E-state index contributed by atoms with van der Waals surface area (Å²) in [5, 5.41) is 10.6. The molecule has 0 fully saturated rings. The van der Waals surface area contributed by atoms with Crippen molar-refractivity contribution < 1.29 is 18.8 Å². The number of benzene rings is 3. The molecule has 0 N–H and O–H groups in total. The summed E-state index contributed by atoms with van der Waals surface area (Å²) in [6.07, 6.45) is 1.58. The number of nitro groups is 1. The fourth-order valence-corrected chi connectivity index (χ4v) is 2.18. The molecule has 27 heavy (non-hydrogen) atoms. The monoisotopic (exact) mass is 364 g/mol. The van der Waals surface area contributed by atoms with Gasteiger partial charge in [0.1, 0.15) is 11.6 Å².